The summed E-state index contributed by atoms with van der Waals surface area (Å²) in [6.07, 6.45) is 0. The number of carbonyl (C=O) groups is 1. The first-order valence-electron chi connectivity index (χ1n) is 10.6. The number of rotatable bonds is 6. The van der Waals surface area contributed by atoms with Crippen molar-refractivity contribution >= 4 is 52.3 Å². The van der Waals surface area contributed by atoms with Crippen molar-refractivity contribution in [3.8, 4) is 6.07 Å². The Kier molecular flexibility index (Phi) is 7.18. The van der Waals surface area contributed by atoms with Gasteiger partial charge >= 0.3 is 6.03 Å². The second-order valence-corrected chi connectivity index (χ2v) is 9.49. The zero-order valence-corrected chi connectivity index (χ0v) is 21.3. The van der Waals surface area contributed by atoms with Crippen LogP contribution in [0.25, 0.3) is 0 Å². The van der Waals surface area contributed by atoms with E-state index in [1.807, 2.05) is 24.1 Å². The molecule has 2 heterocycles. The molecule has 1 aliphatic heterocycles. The number of carbonyl (C=O) groups excluding carboxylic acids is 1. The highest BCUT2D eigenvalue weighted by atomic mass is 35.5. The standard InChI is InChI=1S/C25H21Cl3N6O/c1-15-24(33(3)25(35)34(15)20-11-18(26)10-19(27)12-20)21(17-6-4-16(13-29)5-7-17)14-32(2)23-9-8-22(28)30-31-23/h4-12,21,24H,1,14H2,2-3H3. The van der Waals surface area contributed by atoms with Gasteiger partial charge in [-0.25, -0.2) is 4.79 Å². The lowest BCUT2D eigenvalue weighted by Crippen LogP contribution is -2.39. The van der Waals surface area contributed by atoms with E-state index in [0.717, 1.165) is 5.56 Å². The summed E-state index contributed by atoms with van der Waals surface area (Å²) in [6.45, 7) is 4.77. The third kappa shape index (κ3) is 5.06. The summed E-state index contributed by atoms with van der Waals surface area (Å²) in [5, 5.41) is 18.5. The van der Waals surface area contributed by atoms with E-state index in [9.17, 15) is 10.1 Å². The Labute approximate surface area is 218 Å². The minimum Gasteiger partial charge on any atom is -0.357 e. The Morgan fingerprint density at radius 2 is 1.74 bits per heavy atom. The van der Waals surface area contributed by atoms with Crippen LogP contribution in [0.1, 0.15) is 17.0 Å². The topological polar surface area (TPSA) is 76.4 Å². The van der Waals surface area contributed by atoms with E-state index >= 15 is 0 Å². The molecule has 0 N–H and O–H groups in total. The Morgan fingerprint density at radius 1 is 1.09 bits per heavy atom. The molecule has 7 nitrogen and oxygen atoms in total. The van der Waals surface area contributed by atoms with E-state index in [2.05, 4.69) is 22.8 Å². The summed E-state index contributed by atoms with van der Waals surface area (Å²) in [7, 11) is 3.63. The number of benzene rings is 2. The van der Waals surface area contributed by atoms with Gasteiger partial charge in [-0.15, -0.1) is 10.2 Å². The highest BCUT2D eigenvalue weighted by Crippen LogP contribution is 2.39. The van der Waals surface area contributed by atoms with Crippen molar-refractivity contribution < 1.29 is 4.79 Å². The fraction of sp³-hybridized carbons (Fsp3) is 0.200. The highest BCUT2D eigenvalue weighted by molar-refractivity contribution is 6.35. The van der Waals surface area contributed by atoms with Crippen molar-refractivity contribution in [1.29, 1.82) is 5.26 Å². The number of likely N-dealkylation sites (N-methyl/N-ethyl adjacent to an activating group) is 2. The molecule has 0 spiro atoms. The summed E-state index contributed by atoms with van der Waals surface area (Å²) >= 11 is 18.3. The molecule has 2 amide bonds. The van der Waals surface area contributed by atoms with E-state index in [4.69, 9.17) is 34.8 Å². The number of aromatic nitrogens is 2. The van der Waals surface area contributed by atoms with Gasteiger partial charge in [-0.3, -0.25) is 4.90 Å². The fourth-order valence-corrected chi connectivity index (χ4v) is 4.91. The molecule has 0 bridgehead atoms. The van der Waals surface area contributed by atoms with Gasteiger partial charge in [0.15, 0.2) is 11.0 Å². The number of halogens is 3. The monoisotopic (exact) mass is 526 g/mol. The Balaban J connectivity index is 1.73. The molecule has 1 aliphatic rings. The van der Waals surface area contributed by atoms with Crippen molar-refractivity contribution in [2.45, 2.75) is 12.0 Å². The second-order valence-electron chi connectivity index (χ2n) is 8.23. The van der Waals surface area contributed by atoms with Crippen LogP contribution < -0.4 is 9.80 Å². The first-order chi connectivity index (χ1) is 16.7. The van der Waals surface area contributed by atoms with Gasteiger partial charge in [0.05, 0.1) is 23.4 Å². The third-order valence-electron chi connectivity index (χ3n) is 5.97. The molecule has 1 fully saturated rings. The Hall–Kier alpha value is -3.31. The fourth-order valence-electron chi connectivity index (χ4n) is 4.30. The lowest BCUT2D eigenvalue weighted by atomic mass is 9.88. The maximum atomic E-state index is 13.4. The predicted molar refractivity (Wildman–Crippen MR) is 139 cm³/mol. The molecule has 35 heavy (non-hydrogen) atoms. The molecule has 4 rings (SSSR count). The number of urea groups is 1. The SMILES string of the molecule is C=C1C(C(CN(C)c2ccc(Cl)nn2)c2ccc(C#N)cc2)N(C)C(=O)N1c1cc(Cl)cc(Cl)c1. The number of anilines is 2. The average Bonchev–Trinajstić information content (AvgIpc) is 3.05. The van der Waals surface area contributed by atoms with E-state index < -0.39 is 6.04 Å². The molecule has 3 aromatic rings. The van der Waals surface area contributed by atoms with Gasteiger partial charge < -0.3 is 9.80 Å². The normalized spacial score (nSPS) is 16.4. The summed E-state index contributed by atoms with van der Waals surface area (Å²) in [4.78, 5) is 18.5. The van der Waals surface area contributed by atoms with Crippen LogP contribution in [0, 0.1) is 11.3 Å². The van der Waals surface area contributed by atoms with Gasteiger partial charge in [0, 0.05) is 42.3 Å². The number of hydrogen-bond acceptors (Lipinski definition) is 5. The quantitative estimate of drug-likeness (QED) is 0.394. The molecule has 0 saturated carbocycles. The van der Waals surface area contributed by atoms with Crippen LogP contribution in [0.5, 0.6) is 0 Å². The molecule has 1 aromatic heterocycles. The highest BCUT2D eigenvalue weighted by Gasteiger charge is 2.44. The van der Waals surface area contributed by atoms with Gasteiger partial charge in [-0.1, -0.05) is 53.5 Å². The molecule has 2 unspecified atom stereocenters. The van der Waals surface area contributed by atoms with Crippen LogP contribution in [0.2, 0.25) is 15.2 Å². The maximum absolute atomic E-state index is 13.4. The molecule has 10 heteroatoms. The molecular formula is C25H21Cl3N6O. The first-order valence-corrected chi connectivity index (χ1v) is 11.7. The number of hydrogen-bond donors (Lipinski definition) is 0. The summed E-state index contributed by atoms with van der Waals surface area (Å²) in [5.74, 6) is 0.412. The Morgan fingerprint density at radius 3 is 2.31 bits per heavy atom. The van der Waals surface area contributed by atoms with Crippen LogP contribution in [0.4, 0.5) is 16.3 Å². The molecule has 178 valence electrons. The van der Waals surface area contributed by atoms with Crippen molar-refractivity contribution in [2.75, 3.05) is 30.4 Å². The summed E-state index contributed by atoms with van der Waals surface area (Å²) < 4.78 is 0. The average molecular weight is 528 g/mol. The van der Waals surface area contributed by atoms with Crippen LogP contribution in [0.3, 0.4) is 0 Å². The van der Waals surface area contributed by atoms with E-state index in [0.29, 0.717) is 44.5 Å². The molecule has 1 saturated heterocycles. The zero-order chi connectivity index (χ0) is 25.3. The molecular weight excluding hydrogens is 507 g/mol. The lowest BCUT2D eigenvalue weighted by Gasteiger charge is -2.32. The van der Waals surface area contributed by atoms with Crippen LogP contribution in [-0.4, -0.2) is 47.8 Å². The van der Waals surface area contributed by atoms with E-state index in [-0.39, 0.29) is 11.9 Å². The second kappa shape index (κ2) is 10.1. The lowest BCUT2D eigenvalue weighted by molar-refractivity contribution is 0.214. The smallest absolute Gasteiger partial charge is 0.329 e. The largest absolute Gasteiger partial charge is 0.357 e. The first kappa shape index (κ1) is 24.8. The Bertz CT molecular complexity index is 1290. The molecule has 2 aromatic carbocycles. The van der Waals surface area contributed by atoms with Crippen molar-refractivity contribution in [2.24, 2.45) is 0 Å². The molecule has 0 aliphatic carbocycles. The van der Waals surface area contributed by atoms with Crippen LogP contribution in [0.15, 0.2) is 66.9 Å². The van der Waals surface area contributed by atoms with Crippen molar-refractivity contribution in [3.05, 3.63) is 93.2 Å². The van der Waals surface area contributed by atoms with Crippen molar-refractivity contribution in [1.82, 2.24) is 15.1 Å². The third-order valence-corrected chi connectivity index (χ3v) is 6.61. The van der Waals surface area contributed by atoms with Crippen LogP contribution >= 0.6 is 34.8 Å². The maximum Gasteiger partial charge on any atom is 0.329 e. The van der Waals surface area contributed by atoms with Gasteiger partial charge in [0.1, 0.15) is 0 Å². The minimum atomic E-state index is -0.393. The zero-order valence-electron chi connectivity index (χ0n) is 19.0. The number of amides is 2. The van der Waals surface area contributed by atoms with Gasteiger partial charge in [-0.2, -0.15) is 5.26 Å². The van der Waals surface area contributed by atoms with Crippen LogP contribution in [-0.2, 0) is 0 Å². The van der Waals surface area contributed by atoms with Gasteiger partial charge in [-0.05, 0) is 48.0 Å². The van der Waals surface area contributed by atoms with Gasteiger partial charge in [0.25, 0.3) is 0 Å². The van der Waals surface area contributed by atoms with E-state index in [1.165, 1.54) is 4.90 Å². The number of nitriles is 1. The summed E-state index contributed by atoms with van der Waals surface area (Å²) in [5.41, 5.74) is 2.62. The van der Waals surface area contributed by atoms with E-state index in [1.54, 1.807) is 54.4 Å². The van der Waals surface area contributed by atoms with Gasteiger partial charge in [0.2, 0.25) is 0 Å². The number of nitrogens with zero attached hydrogens (tertiary/aromatic N) is 6. The predicted octanol–water partition coefficient (Wildman–Crippen LogP) is 5.98. The minimum absolute atomic E-state index is 0.216. The summed E-state index contributed by atoms with van der Waals surface area (Å²) in [6, 6.07) is 17.2. The molecule has 0 radical (unpaired) electrons. The molecule has 2 atom stereocenters. The van der Waals surface area contributed by atoms with Crippen molar-refractivity contribution in [3.63, 3.8) is 0 Å².